The Bertz CT molecular complexity index is 612. The molecule has 1 heterocycles. The number of nitrogens with zero attached hydrogens (tertiary/aromatic N) is 1. The topological polar surface area (TPSA) is 42.4 Å². The molecule has 0 saturated heterocycles. The van der Waals surface area contributed by atoms with Gasteiger partial charge in [0.1, 0.15) is 5.75 Å². The van der Waals surface area contributed by atoms with Crippen LogP contribution in [-0.2, 0) is 12.8 Å². The molecule has 20 heavy (non-hydrogen) atoms. The van der Waals surface area contributed by atoms with Crippen molar-refractivity contribution in [2.24, 2.45) is 0 Å². The van der Waals surface area contributed by atoms with Crippen LogP contribution in [0.3, 0.4) is 0 Å². The van der Waals surface area contributed by atoms with Crippen molar-refractivity contribution in [2.45, 2.75) is 12.8 Å². The van der Waals surface area contributed by atoms with Crippen LogP contribution in [0.1, 0.15) is 11.1 Å². The van der Waals surface area contributed by atoms with E-state index in [-0.39, 0.29) is 5.56 Å². The van der Waals surface area contributed by atoms with Crippen LogP contribution in [0.15, 0.2) is 36.7 Å². The lowest BCUT2D eigenvalue weighted by molar-refractivity contribution is -0.137. The van der Waals surface area contributed by atoms with Crippen molar-refractivity contribution in [3.05, 3.63) is 47.8 Å². The summed E-state index contributed by atoms with van der Waals surface area (Å²) in [5.74, 6) is 0.492. The number of hydrogen-bond acceptors (Lipinski definition) is 3. The molecule has 106 valence electrons. The van der Waals surface area contributed by atoms with Crippen molar-refractivity contribution < 1.29 is 23.0 Å². The Morgan fingerprint density at radius 1 is 1.20 bits per heavy atom. The molecule has 0 unspecified atom stereocenters. The maximum atomic E-state index is 12.6. The molecule has 0 aliphatic carbocycles. The van der Waals surface area contributed by atoms with Crippen molar-refractivity contribution in [3.63, 3.8) is 0 Å². The van der Waals surface area contributed by atoms with E-state index >= 15 is 0 Å². The maximum Gasteiger partial charge on any atom is 0.416 e. The fraction of sp³-hybridized carbons (Fsp3) is 0.214. The fourth-order valence-electron chi connectivity index (χ4n) is 1.86. The van der Waals surface area contributed by atoms with Crippen molar-refractivity contribution in [3.8, 4) is 16.9 Å². The average Bonchev–Trinajstić information content (AvgIpc) is 2.45. The fourth-order valence-corrected chi connectivity index (χ4v) is 1.86. The van der Waals surface area contributed by atoms with Gasteiger partial charge >= 0.3 is 6.18 Å². The summed E-state index contributed by atoms with van der Waals surface area (Å²) in [6.07, 6.45) is -1.44. The highest BCUT2D eigenvalue weighted by molar-refractivity contribution is 5.68. The number of halogens is 3. The van der Waals surface area contributed by atoms with Crippen LogP contribution in [0, 0.1) is 0 Å². The number of benzene rings is 1. The molecular formula is C14H12F3NO2. The Labute approximate surface area is 113 Å². The normalized spacial score (nSPS) is 11.4. The van der Waals surface area contributed by atoms with Gasteiger partial charge in [-0.2, -0.15) is 13.2 Å². The first-order chi connectivity index (χ1) is 9.45. The Morgan fingerprint density at radius 2 is 1.95 bits per heavy atom. The van der Waals surface area contributed by atoms with Gasteiger partial charge in [0.15, 0.2) is 0 Å². The van der Waals surface area contributed by atoms with E-state index in [9.17, 15) is 18.3 Å². The summed E-state index contributed by atoms with van der Waals surface area (Å²) >= 11 is 0. The summed E-state index contributed by atoms with van der Waals surface area (Å²) in [5, 5.41) is 9.28. The van der Waals surface area contributed by atoms with Crippen molar-refractivity contribution in [1.29, 1.82) is 0 Å². The molecule has 0 spiro atoms. The minimum absolute atomic E-state index is 0.190. The van der Waals surface area contributed by atoms with E-state index < -0.39 is 18.3 Å². The third kappa shape index (κ3) is 2.91. The van der Waals surface area contributed by atoms with E-state index in [0.717, 1.165) is 12.1 Å². The van der Waals surface area contributed by atoms with Gasteiger partial charge in [0, 0.05) is 11.8 Å². The van der Waals surface area contributed by atoms with Gasteiger partial charge in [-0.05, 0) is 29.3 Å². The standard InChI is InChI=1S/C14H12F3NO2/c1-20-12-5-9(6-18-7-12)13-3-2-11(14(15,16)17)4-10(13)8-19/h2-7,19H,8H2,1H3. The maximum absolute atomic E-state index is 12.6. The first-order valence-electron chi connectivity index (χ1n) is 5.76. The van der Waals surface area contributed by atoms with Crippen LogP contribution in [0.25, 0.3) is 11.1 Å². The number of rotatable bonds is 3. The molecule has 0 bridgehead atoms. The van der Waals surface area contributed by atoms with E-state index in [1.165, 1.54) is 25.6 Å². The van der Waals surface area contributed by atoms with Crippen LogP contribution in [0.2, 0.25) is 0 Å². The highest BCUT2D eigenvalue weighted by Crippen LogP contribution is 2.33. The van der Waals surface area contributed by atoms with Crippen molar-refractivity contribution >= 4 is 0 Å². The highest BCUT2D eigenvalue weighted by Gasteiger charge is 2.31. The molecule has 0 saturated carbocycles. The van der Waals surface area contributed by atoms with Crippen molar-refractivity contribution in [1.82, 2.24) is 4.98 Å². The molecule has 2 aromatic rings. The number of alkyl halides is 3. The molecule has 0 aliphatic rings. The van der Waals surface area contributed by atoms with Crippen LogP contribution in [-0.4, -0.2) is 17.2 Å². The van der Waals surface area contributed by atoms with Gasteiger partial charge in [-0.25, -0.2) is 0 Å². The SMILES string of the molecule is COc1cncc(-c2ccc(C(F)(F)F)cc2CO)c1. The minimum atomic E-state index is -4.44. The summed E-state index contributed by atoms with van der Waals surface area (Å²) in [7, 11) is 1.47. The molecule has 0 amide bonds. The molecule has 2 rings (SSSR count). The predicted octanol–water partition coefficient (Wildman–Crippen LogP) is 3.27. The molecule has 0 radical (unpaired) electrons. The molecule has 6 heteroatoms. The molecular weight excluding hydrogens is 271 g/mol. The zero-order valence-corrected chi connectivity index (χ0v) is 10.6. The van der Waals surface area contributed by atoms with Gasteiger partial charge < -0.3 is 9.84 Å². The summed E-state index contributed by atoms with van der Waals surface area (Å²) < 4.78 is 43.0. The second-order valence-corrected chi connectivity index (χ2v) is 4.14. The minimum Gasteiger partial charge on any atom is -0.495 e. The largest absolute Gasteiger partial charge is 0.495 e. The Hall–Kier alpha value is -2.08. The van der Waals surface area contributed by atoms with Crippen LogP contribution in [0.5, 0.6) is 5.75 Å². The molecule has 1 aromatic heterocycles. The Balaban J connectivity index is 2.51. The Morgan fingerprint density at radius 3 is 2.55 bits per heavy atom. The Kier molecular flexibility index (Phi) is 3.94. The van der Waals surface area contributed by atoms with Gasteiger partial charge in [-0.15, -0.1) is 0 Å². The number of ether oxygens (including phenoxy) is 1. The number of aliphatic hydroxyl groups is 1. The van der Waals surface area contributed by atoms with E-state index in [2.05, 4.69) is 4.98 Å². The molecule has 3 nitrogen and oxygen atoms in total. The zero-order valence-electron chi connectivity index (χ0n) is 10.6. The molecule has 1 aromatic carbocycles. The number of aliphatic hydroxyl groups excluding tert-OH is 1. The first-order valence-corrected chi connectivity index (χ1v) is 5.76. The zero-order chi connectivity index (χ0) is 14.8. The van der Waals surface area contributed by atoms with E-state index in [1.54, 1.807) is 6.07 Å². The second-order valence-electron chi connectivity index (χ2n) is 4.14. The lowest BCUT2D eigenvalue weighted by atomic mass is 9.99. The third-order valence-electron chi connectivity index (χ3n) is 2.86. The van der Waals surface area contributed by atoms with Crippen LogP contribution >= 0.6 is 0 Å². The van der Waals surface area contributed by atoms with Gasteiger partial charge in [-0.3, -0.25) is 4.98 Å². The van der Waals surface area contributed by atoms with Gasteiger partial charge in [-0.1, -0.05) is 6.07 Å². The lowest BCUT2D eigenvalue weighted by Crippen LogP contribution is -2.06. The van der Waals surface area contributed by atoms with Crippen LogP contribution < -0.4 is 4.74 Å². The number of pyridine rings is 1. The van der Waals surface area contributed by atoms with Gasteiger partial charge in [0.05, 0.1) is 25.5 Å². The first kappa shape index (κ1) is 14.3. The second kappa shape index (κ2) is 5.50. The monoisotopic (exact) mass is 283 g/mol. The van der Waals surface area contributed by atoms with E-state index in [1.807, 2.05) is 0 Å². The van der Waals surface area contributed by atoms with Gasteiger partial charge in [0.2, 0.25) is 0 Å². The van der Waals surface area contributed by atoms with Gasteiger partial charge in [0.25, 0.3) is 0 Å². The van der Waals surface area contributed by atoms with Crippen LogP contribution in [0.4, 0.5) is 13.2 Å². The summed E-state index contributed by atoms with van der Waals surface area (Å²) in [6.45, 7) is -0.490. The molecule has 0 aliphatic heterocycles. The number of hydrogen-bond donors (Lipinski definition) is 1. The highest BCUT2D eigenvalue weighted by atomic mass is 19.4. The quantitative estimate of drug-likeness (QED) is 0.940. The summed E-state index contributed by atoms with van der Waals surface area (Å²) in [6, 6.07) is 4.89. The van der Waals surface area contributed by atoms with Crippen molar-refractivity contribution in [2.75, 3.05) is 7.11 Å². The third-order valence-corrected chi connectivity index (χ3v) is 2.86. The summed E-state index contributed by atoms with van der Waals surface area (Å²) in [5.41, 5.74) is 0.477. The number of aromatic nitrogens is 1. The smallest absolute Gasteiger partial charge is 0.416 e. The average molecular weight is 283 g/mol. The summed E-state index contributed by atoms with van der Waals surface area (Å²) in [4.78, 5) is 3.95. The lowest BCUT2D eigenvalue weighted by Gasteiger charge is -2.12. The van der Waals surface area contributed by atoms with E-state index in [4.69, 9.17) is 4.74 Å². The molecule has 1 N–H and O–H groups in total. The number of methoxy groups -OCH3 is 1. The molecule has 0 fully saturated rings. The predicted molar refractivity (Wildman–Crippen MR) is 67.1 cm³/mol. The molecule has 0 atom stereocenters. The van der Waals surface area contributed by atoms with E-state index in [0.29, 0.717) is 16.9 Å².